The SMILES string of the molecule is CCC(Oc1ccc(C(C)(C)C)cc1)C(=O)O. The number of rotatable bonds is 4. The first kappa shape index (κ1) is 13.6. The molecule has 0 saturated carbocycles. The molecule has 0 aliphatic heterocycles. The lowest BCUT2D eigenvalue weighted by molar-refractivity contribution is -0.145. The van der Waals surface area contributed by atoms with Crippen molar-refractivity contribution < 1.29 is 14.6 Å². The summed E-state index contributed by atoms with van der Waals surface area (Å²) in [7, 11) is 0. The molecule has 0 spiro atoms. The molecule has 1 rings (SSSR count). The quantitative estimate of drug-likeness (QED) is 0.873. The van der Waals surface area contributed by atoms with Gasteiger partial charge in [-0.3, -0.25) is 0 Å². The van der Waals surface area contributed by atoms with Gasteiger partial charge in [0.15, 0.2) is 6.10 Å². The molecule has 0 fully saturated rings. The van der Waals surface area contributed by atoms with Gasteiger partial charge in [-0.2, -0.15) is 0 Å². The summed E-state index contributed by atoms with van der Waals surface area (Å²) in [4.78, 5) is 10.8. The summed E-state index contributed by atoms with van der Waals surface area (Å²) in [6, 6.07) is 7.60. The summed E-state index contributed by atoms with van der Waals surface area (Å²) in [5.74, 6) is -0.320. The van der Waals surface area contributed by atoms with Gasteiger partial charge < -0.3 is 9.84 Å². The summed E-state index contributed by atoms with van der Waals surface area (Å²) in [6.07, 6.45) is -0.313. The predicted octanol–water partition coefficient (Wildman–Crippen LogP) is 3.23. The van der Waals surface area contributed by atoms with Gasteiger partial charge in [0.1, 0.15) is 5.75 Å². The Labute approximate surface area is 102 Å². The van der Waals surface area contributed by atoms with Crippen LogP contribution in [0.1, 0.15) is 39.7 Å². The second kappa shape index (κ2) is 5.21. The van der Waals surface area contributed by atoms with Gasteiger partial charge in [-0.15, -0.1) is 0 Å². The molecule has 0 heterocycles. The van der Waals surface area contributed by atoms with E-state index in [0.717, 1.165) is 0 Å². The van der Waals surface area contributed by atoms with Crippen molar-refractivity contribution in [2.24, 2.45) is 0 Å². The Hall–Kier alpha value is -1.51. The second-order valence-corrected chi connectivity index (χ2v) is 5.13. The van der Waals surface area contributed by atoms with Gasteiger partial charge in [0, 0.05) is 0 Å². The standard InChI is InChI=1S/C14H20O3/c1-5-12(13(15)16)17-11-8-6-10(7-9-11)14(2,3)4/h6-9,12H,5H2,1-4H3,(H,15,16). The number of carboxylic acid groups (broad SMARTS) is 1. The van der Waals surface area contributed by atoms with Crippen LogP contribution in [0.15, 0.2) is 24.3 Å². The number of carbonyl (C=O) groups is 1. The van der Waals surface area contributed by atoms with Gasteiger partial charge in [0.05, 0.1) is 0 Å². The normalized spacial score (nSPS) is 13.2. The molecule has 1 unspecified atom stereocenters. The first-order chi connectivity index (χ1) is 7.84. The lowest BCUT2D eigenvalue weighted by atomic mass is 9.87. The fourth-order valence-corrected chi connectivity index (χ4v) is 1.51. The first-order valence-corrected chi connectivity index (χ1v) is 5.84. The number of hydrogen-bond acceptors (Lipinski definition) is 2. The summed E-state index contributed by atoms with van der Waals surface area (Å²) in [5, 5.41) is 8.89. The summed E-state index contributed by atoms with van der Waals surface area (Å²) < 4.78 is 5.39. The van der Waals surface area contributed by atoms with Crippen LogP contribution in [0.4, 0.5) is 0 Å². The van der Waals surface area contributed by atoms with Crippen molar-refractivity contribution in [1.29, 1.82) is 0 Å². The van der Waals surface area contributed by atoms with Gasteiger partial charge in [0.25, 0.3) is 0 Å². The van der Waals surface area contributed by atoms with Crippen LogP contribution >= 0.6 is 0 Å². The van der Waals surface area contributed by atoms with Crippen molar-refractivity contribution in [2.75, 3.05) is 0 Å². The largest absolute Gasteiger partial charge is 0.479 e. The maximum atomic E-state index is 10.8. The molecule has 0 aliphatic rings. The zero-order valence-corrected chi connectivity index (χ0v) is 10.9. The Balaban J connectivity index is 2.78. The van der Waals surface area contributed by atoms with E-state index in [9.17, 15) is 4.79 Å². The zero-order valence-electron chi connectivity index (χ0n) is 10.9. The molecule has 0 bridgehead atoms. The van der Waals surface area contributed by atoms with Crippen LogP contribution in [-0.2, 0) is 10.2 Å². The highest BCUT2D eigenvalue weighted by atomic mass is 16.5. The molecule has 3 heteroatoms. The number of benzene rings is 1. The average molecular weight is 236 g/mol. The van der Waals surface area contributed by atoms with Crippen molar-refractivity contribution in [3.8, 4) is 5.75 Å². The van der Waals surface area contributed by atoms with Crippen LogP contribution in [-0.4, -0.2) is 17.2 Å². The van der Waals surface area contributed by atoms with Crippen LogP contribution in [0.5, 0.6) is 5.75 Å². The molecular weight excluding hydrogens is 216 g/mol. The Bertz CT molecular complexity index is 373. The zero-order chi connectivity index (χ0) is 13.1. The molecule has 1 aromatic rings. The predicted molar refractivity (Wildman–Crippen MR) is 67.5 cm³/mol. The van der Waals surface area contributed by atoms with Crippen LogP contribution in [0.3, 0.4) is 0 Å². The molecule has 3 nitrogen and oxygen atoms in total. The van der Waals surface area contributed by atoms with Crippen LogP contribution < -0.4 is 4.74 Å². The maximum absolute atomic E-state index is 10.8. The van der Waals surface area contributed by atoms with E-state index < -0.39 is 12.1 Å². The number of aliphatic carboxylic acids is 1. The molecule has 0 aromatic heterocycles. The van der Waals surface area contributed by atoms with E-state index >= 15 is 0 Å². The van der Waals surface area contributed by atoms with Crippen LogP contribution in [0.2, 0.25) is 0 Å². The Morgan fingerprint density at radius 3 is 2.18 bits per heavy atom. The highest BCUT2D eigenvalue weighted by Gasteiger charge is 2.17. The van der Waals surface area contributed by atoms with Crippen molar-refractivity contribution in [3.63, 3.8) is 0 Å². The van der Waals surface area contributed by atoms with Gasteiger partial charge in [-0.25, -0.2) is 4.79 Å². The van der Waals surface area contributed by atoms with E-state index in [1.54, 1.807) is 6.92 Å². The van der Waals surface area contributed by atoms with Gasteiger partial charge >= 0.3 is 5.97 Å². The highest BCUT2D eigenvalue weighted by Crippen LogP contribution is 2.24. The molecule has 1 aromatic carbocycles. The lowest BCUT2D eigenvalue weighted by Crippen LogP contribution is -2.25. The van der Waals surface area contributed by atoms with E-state index in [1.807, 2.05) is 24.3 Å². The topological polar surface area (TPSA) is 46.5 Å². The summed E-state index contributed by atoms with van der Waals surface area (Å²) in [5.41, 5.74) is 1.29. The van der Waals surface area contributed by atoms with Crippen molar-refractivity contribution >= 4 is 5.97 Å². The number of ether oxygens (including phenoxy) is 1. The average Bonchev–Trinajstić information content (AvgIpc) is 2.25. The third-order valence-electron chi connectivity index (χ3n) is 2.64. The summed E-state index contributed by atoms with van der Waals surface area (Å²) >= 11 is 0. The van der Waals surface area contributed by atoms with Crippen LogP contribution in [0.25, 0.3) is 0 Å². The summed E-state index contributed by atoms with van der Waals surface area (Å²) in [6.45, 7) is 8.20. The third kappa shape index (κ3) is 3.77. The highest BCUT2D eigenvalue weighted by molar-refractivity contribution is 5.72. The molecule has 0 aliphatic carbocycles. The molecule has 0 radical (unpaired) electrons. The minimum atomic E-state index is -0.924. The first-order valence-electron chi connectivity index (χ1n) is 5.84. The van der Waals surface area contributed by atoms with Crippen molar-refractivity contribution in [1.82, 2.24) is 0 Å². The second-order valence-electron chi connectivity index (χ2n) is 5.13. The Kier molecular flexibility index (Phi) is 4.16. The van der Waals surface area contributed by atoms with E-state index in [-0.39, 0.29) is 5.41 Å². The number of hydrogen-bond donors (Lipinski definition) is 1. The fraction of sp³-hybridized carbons (Fsp3) is 0.500. The molecule has 94 valence electrons. The monoisotopic (exact) mass is 236 g/mol. The smallest absolute Gasteiger partial charge is 0.344 e. The molecule has 0 amide bonds. The van der Waals surface area contributed by atoms with E-state index in [4.69, 9.17) is 9.84 Å². The van der Waals surface area contributed by atoms with Crippen LogP contribution in [0, 0.1) is 0 Å². The molecule has 1 atom stereocenters. The van der Waals surface area contributed by atoms with E-state index in [2.05, 4.69) is 20.8 Å². The fourth-order valence-electron chi connectivity index (χ4n) is 1.51. The number of carboxylic acids is 1. The molecular formula is C14H20O3. The Morgan fingerprint density at radius 2 is 1.82 bits per heavy atom. The van der Waals surface area contributed by atoms with Gasteiger partial charge in [-0.05, 0) is 29.5 Å². The minimum absolute atomic E-state index is 0.0927. The molecule has 0 saturated heterocycles. The van der Waals surface area contributed by atoms with Gasteiger partial charge in [-0.1, -0.05) is 39.8 Å². The van der Waals surface area contributed by atoms with Crippen molar-refractivity contribution in [2.45, 2.75) is 45.6 Å². The van der Waals surface area contributed by atoms with E-state index in [0.29, 0.717) is 12.2 Å². The minimum Gasteiger partial charge on any atom is -0.479 e. The van der Waals surface area contributed by atoms with Gasteiger partial charge in [0.2, 0.25) is 0 Å². The molecule has 17 heavy (non-hydrogen) atoms. The van der Waals surface area contributed by atoms with E-state index in [1.165, 1.54) is 5.56 Å². The third-order valence-corrected chi connectivity index (χ3v) is 2.64. The lowest BCUT2D eigenvalue weighted by Gasteiger charge is -2.20. The van der Waals surface area contributed by atoms with Crippen molar-refractivity contribution in [3.05, 3.63) is 29.8 Å². The maximum Gasteiger partial charge on any atom is 0.344 e. The molecule has 1 N–H and O–H groups in total. The Morgan fingerprint density at radius 1 is 1.29 bits per heavy atom.